The first-order valence-corrected chi connectivity index (χ1v) is 8.41. The van der Waals surface area contributed by atoms with Gasteiger partial charge >= 0.3 is 6.61 Å². The van der Waals surface area contributed by atoms with Crippen LogP contribution < -0.4 is 15.0 Å². The monoisotopic (exact) mass is 376 g/mol. The number of alkyl halides is 2. The second-order valence-corrected chi connectivity index (χ2v) is 6.05. The number of halogens is 2. The third-order valence-electron chi connectivity index (χ3n) is 4.25. The maximum atomic E-state index is 12.7. The van der Waals surface area contributed by atoms with Crippen molar-refractivity contribution < 1.29 is 28.2 Å². The molecule has 0 unspecified atom stereocenters. The van der Waals surface area contributed by atoms with Crippen molar-refractivity contribution in [3.63, 3.8) is 0 Å². The number of hydrogen-bond donors (Lipinski definition) is 2. The number of aromatic hydroxyl groups is 1. The minimum Gasteiger partial charge on any atom is -0.504 e. The van der Waals surface area contributed by atoms with Crippen LogP contribution in [0.4, 0.5) is 14.5 Å². The minimum atomic E-state index is -3.08. The van der Waals surface area contributed by atoms with Gasteiger partial charge in [0.2, 0.25) is 5.91 Å². The number of anilines is 1. The maximum absolute atomic E-state index is 12.7. The van der Waals surface area contributed by atoms with Crippen molar-refractivity contribution >= 4 is 17.5 Å². The van der Waals surface area contributed by atoms with Crippen LogP contribution in [0, 0.1) is 0 Å². The second kappa shape index (κ2) is 8.03. The van der Waals surface area contributed by atoms with Gasteiger partial charge in [-0.25, -0.2) is 0 Å². The predicted octanol–water partition coefficient (Wildman–Crippen LogP) is 2.92. The number of nitrogens with one attached hydrogen (secondary N) is 1. The molecule has 1 aliphatic heterocycles. The highest BCUT2D eigenvalue weighted by molar-refractivity contribution is 6.03. The molecule has 1 saturated heterocycles. The number of phenolic OH excluding ortho intramolecular Hbond substituents is 1. The molecule has 2 aromatic carbocycles. The van der Waals surface area contributed by atoms with E-state index in [2.05, 4.69) is 10.1 Å². The highest BCUT2D eigenvalue weighted by atomic mass is 19.3. The van der Waals surface area contributed by atoms with Crippen molar-refractivity contribution in [1.82, 2.24) is 5.32 Å². The number of benzene rings is 2. The molecule has 0 aliphatic carbocycles. The molecular formula is C19H18F2N2O4. The Labute approximate surface area is 154 Å². The molecule has 0 bridgehead atoms. The lowest BCUT2D eigenvalue weighted by Gasteiger charge is -2.32. The van der Waals surface area contributed by atoms with Crippen LogP contribution in [0.5, 0.6) is 11.5 Å². The Morgan fingerprint density at radius 1 is 1.22 bits per heavy atom. The topological polar surface area (TPSA) is 78.9 Å². The van der Waals surface area contributed by atoms with Crippen molar-refractivity contribution in [3.05, 3.63) is 54.1 Å². The number of phenols is 1. The van der Waals surface area contributed by atoms with Crippen LogP contribution in [0.3, 0.4) is 0 Å². The summed E-state index contributed by atoms with van der Waals surface area (Å²) in [4.78, 5) is 26.7. The smallest absolute Gasteiger partial charge is 0.387 e. The first-order chi connectivity index (χ1) is 13.0. The Morgan fingerprint density at radius 2 is 1.96 bits per heavy atom. The lowest BCUT2D eigenvalue weighted by molar-refractivity contribution is -0.121. The van der Waals surface area contributed by atoms with Gasteiger partial charge < -0.3 is 20.1 Å². The normalized spacial score (nSPS) is 17.1. The van der Waals surface area contributed by atoms with E-state index >= 15 is 0 Å². The summed E-state index contributed by atoms with van der Waals surface area (Å²) in [7, 11) is 0. The molecule has 6 nitrogen and oxygen atoms in total. The fourth-order valence-corrected chi connectivity index (χ4v) is 2.97. The standard InChI is InChI=1S/C19H18F2N2O4/c20-19(21)27-16-9-8-12(11-15(16)24)17(25)22-14-7-4-10-23(18(14)26)13-5-2-1-3-6-13/h1-3,5-6,8-9,11,14,19,24H,4,7,10H2,(H,22,25)/t14-/m0/s1. The van der Waals surface area contributed by atoms with Crippen molar-refractivity contribution in [3.8, 4) is 11.5 Å². The molecule has 0 radical (unpaired) electrons. The Kier molecular flexibility index (Phi) is 5.54. The maximum Gasteiger partial charge on any atom is 0.387 e. The van der Waals surface area contributed by atoms with Gasteiger partial charge in [0.1, 0.15) is 6.04 Å². The summed E-state index contributed by atoms with van der Waals surface area (Å²) >= 11 is 0. The zero-order valence-corrected chi connectivity index (χ0v) is 14.3. The van der Waals surface area contributed by atoms with Crippen molar-refractivity contribution in [1.29, 1.82) is 0 Å². The largest absolute Gasteiger partial charge is 0.504 e. The molecule has 0 saturated carbocycles. The molecule has 1 atom stereocenters. The van der Waals surface area contributed by atoms with E-state index in [9.17, 15) is 23.5 Å². The molecule has 8 heteroatoms. The first kappa shape index (κ1) is 18.6. The number of hydrogen-bond acceptors (Lipinski definition) is 4. The van der Waals surface area contributed by atoms with Crippen LogP contribution in [-0.2, 0) is 4.79 Å². The number of rotatable bonds is 5. The third kappa shape index (κ3) is 4.33. The van der Waals surface area contributed by atoms with E-state index in [0.29, 0.717) is 13.0 Å². The summed E-state index contributed by atoms with van der Waals surface area (Å²) in [6.07, 6.45) is 1.21. The van der Waals surface area contributed by atoms with Crippen LogP contribution >= 0.6 is 0 Å². The number of amides is 2. The highest BCUT2D eigenvalue weighted by Crippen LogP contribution is 2.28. The molecule has 1 aliphatic rings. The molecule has 1 fully saturated rings. The van der Waals surface area contributed by atoms with Crippen molar-refractivity contribution in [2.24, 2.45) is 0 Å². The Morgan fingerprint density at radius 3 is 2.63 bits per heavy atom. The quantitative estimate of drug-likeness (QED) is 0.841. The molecular weight excluding hydrogens is 358 g/mol. The summed E-state index contributed by atoms with van der Waals surface area (Å²) in [5.74, 6) is -1.81. The second-order valence-electron chi connectivity index (χ2n) is 6.05. The van der Waals surface area contributed by atoms with Crippen LogP contribution in [-0.4, -0.2) is 36.1 Å². The lowest BCUT2D eigenvalue weighted by atomic mass is 10.0. The van der Waals surface area contributed by atoms with Crippen LogP contribution in [0.15, 0.2) is 48.5 Å². The van der Waals surface area contributed by atoms with Crippen molar-refractivity contribution in [2.45, 2.75) is 25.5 Å². The number of nitrogens with zero attached hydrogens (tertiary/aromatic N) is 1. The van der Waals surface area contributed by atoms with Gasteiger partial charge in [0.25, 0.3) is 5.91 Å². The Balaban J connectivity index is 1.70. The highest BCUT2D eigenvalue weighted by Gasteiger charge is 2.31. The number of carbonyl (C=O) groups is 2. The van der Waals surface area contributed by atoms with E-state index in [1.807, 2.05) is 30.3 Å². The summed E-state index contributed by atoms with van der Waals surface area (Å²) in [5.41, 5.74) is 0.798. The SMILES string of the molecule is O=C(N[C@H]1CCCN(c2ccccc2)C1=O)c1ccc(OC(F)F)c(O)c1. The van der Waals surface area contributed by atoms with Crippen molar-refractivity contribution in [2.75, 3.05) is 11.4 Å². The number of carbonyl (C=O) groups excluding carboxylic acids is 2. The number of para-hydroxylation sites is 1. The minimum absolute atomic E-state index is 0.0405. The molecule has 0 aromatic heterocycles. The fraction of sp³-hybridized carbons (Fsp3) is 0.263. The summed E-state index contributed by atoms with van der Waals surface area (Å²) in [6.45, 7) is -2.52. The molecule has 3 rings (SSSR count). The van der Waals surface area contributed by atoms with Gasteiger partial charge in [0.15, 0.2) is 11.5 Å². The zero-order valence-electron chi connectivity index (χ0n) is 14.3. The predicted molar refractivity (Wildman–Crippen MR) is 94.0 cm³/mol. The van der Waals surface area contributed by atoms with E-state index in [-0.39, 0.29) is 11.5 Å². The van der Waals surface area contributed by atoms with Crippen LogP contribution in [0.1, 0.15) is 23.2 Å². The van der Waals surface area contributed by atoms with Gasteiger partial charge in [-0.3, -0.25) is 9.59 Å². The van der Waals surface area contributed by atoms with Gasteiger partial charge in [-0.05, 0) is 43.2 Å². The summed E-state index contributed by atoms with van der Waals surface area (Å²) in [5, 5.41) is 12.4. The van der Waals surface area contributed by atoms with Gasteiger partial charge in [0.05, 0.1) is 0 Å². The van der Waals surface area contributed by atoms with Crippen LogP contribution in [0.25, 0.3) is 0 Å². The molecule has 2 N–H and O–H groups in total. The first-order valence-electron chi connectivity index (χ1n) is 8.41. The molecule has 0 spiro atoms. The molecule has 2 aromatic rings. The molecule has 27 heavy (non-hydrogen) atoms. The van der Waals surface area contributed by atoms with E-state index in [0.717, 1.165) is 24.2 Å². The van der Waals surface area contributed by atoms with E-state index in [4.69, 9.17) is 0 Å². The zero-order chi connectivity index (χ0) is 19.4. The van der Waals surface area contributed by atoms with E-state index in [1.54, 1.807) is 4.90 Å². The number of ether oxygens (including phenoxy) is 1. The van der Waals surface area contributed by atoms with Gasteiger partial charge in [-0.15, -0.1) is 0 Å². The molecule has 142 valence electrons. The molecule has 2 amide bonds. The fourth-order valence-electron chi connectivity index (χ4n) is 2.97. The Hall–Kier alpha value is -3.16. The summed E-state index contributed by atoms with van der Waals surface area (Å²) < 4.78 is 28.6. The van der Waals surface area contributed by atoms with Gasteiger partial charge in [-0.1, -0.05) is 18.2 Å². The Bertz CT molecular complexity index is 830. The van der Waals surface area contributed by atoms with E-state index < -0.39 is 30.1 Å². The van der Waals surface area contributed by atoms with Gasteiger partial charge in [0, 0.05) is 17.8 Å². The number of piperidine rings is 1. The van der Waals surface area contributed by atoms with Crippen LogP contribution in [0.2, 0.25) is 0 Å². The average Bonchev–Trinajstić information content (AvgIpc) is 2.65. The average molecular weight is 376 g/mol. The summed E-state index contributed by atoms with van der Waals surface area (Å²) in [6, 6.07) is 11.8. The lowest BCUT2D eigenvalue weighted by Crippen LogP contribution is -2.52. The van der Waals surface area contributed by atoms with E-state index in [1.165, 1.54) is 6.07 Å². The molecule has 1 heterocycles. The van der Waals surface area contributed by atoms with Gasteiger partial charge in [-0.2, -0.15) is 8.78 Å². The third-order valence-corrected chi connectivity index (χ3v) is 4.25.